The van der Waals surface area contributed by atoms with Crippen LogP contribution in [-0.4, -0.2) is 20.8 Å². The van der Waals surface area contributed by atoms with E-state index >= 15 is 0 Å². The third kappa shape index (κ3) is 1.89. The maximum Gasteiger partial charge on any atom is 0.281 e. The van der Waals surface area contributed by atoms with Gasteiger partial charge in [-0.15, -0.1) is 0 Å². The molecule has 0 aromatic carbocycles. The Hall–Kier alpha value is -0.880. The third-order valence-corrected chi connectivity index (χ3v) is 5.17. The fraction of sp³-hybridized carbons (Fsp3) is 0.545. The van der Waals surface area contributed by atoms with Crippen LogP contribution in [0.15, 0.2) is 15.5 Å². The predicted octanol–water partition coefficient (Wildman–Crippen LogP) is 2.69. The topological polar surface area (TPSA) is 47.8 Å². The average Bonchev–Trinajstić information content (AvgIpc) is 2.97. The Morgan fingerprint density at radius 2 is 2.24 bits per heavy atom. The number of thioether (sulfide) groups is 1. The van der Waals surface area contributed by atoms with Crippen molar-refractivity contribution in [2.24, 2.45) is 0 Å². The van der Waals surface area contributed by atoms with Gasteiger partial charge in [-0.2, -0.15) is 0 Å². The number of nitrogens with zero attached hydrogens (tertiary/aromatic N) is 3. The summed E-state index contributed by atoms with van der Waals surface area (Å²) in [4.78, 5) is 21.8. The van der Waals surface area contributed by atoms with E-state index in [9.17, 15) is 4.79 Å². The van der Waals surface area contributed by atoms with Crippen LogP contribution >= 0.6 is 23.1 Å². The van der Waals surface area contributed by atoms with Crippen molar-refractivity contribution < 1.29 is 0 Å². The summed E-state index contributed by atoms with van der Waals surface area (Å²) >= 11 is 3.05. The van der Waals surface area contributed by atoms with Crippen LogP contribution in [-0.2, 0) is 0 Å². The zero-order valence-corrected chi connectivity index (χ0v) is 11.2. The molecular formula is C11H13N3OS2. The molecule has 1 fully saturated rings. The first-order valence-corrected chi connectivity index (χ1v) is 7.75. The number of thiazole rings is 1. The molecule has 2 heterocycles. The highest BCUT2D eigenvalue weighted by Gasteiger charge is 2.20. The molecule has 0 saturated heterocycles. The van der Waals surface area contributed by atoms with Crippen molar-refractivity contribution >= 4 is 33.4 Å². The number of hydrogen-bond donors (Lipinski definition) is 0. The van der Waals surface area contributed by atoms with Gasteiger partial charge >= 0.3 is 0 Å². The van der Waals surface area contributed by atoms with Crippen molar-refractivity contribution in [3.05, 3.63) is 16.7 Å². The highest BCUT2D eigenvalue weighted by Crippen LogP contribution is 2.29. The summed E-state index contributed by atoms with van der Waals surface area (Å²) in [5, 5.41) is 0. The Bertz CT molecular complexity index is 598. The van der Waals surface area contributed by atoms with Gasteiger partial charge in [0, 0.05) is 6.04 Å². The van der Waals surface area contributed by atoms with E-state index < -0.39 is 0 Å². The van der Waals surface area contributed by atoms with Gasteiger partial charge in [0.2, 0.25) is 0 Å². The minimum atomic E-state index is 0.0263. The lowest BCUT2D eigenvalue weighted by Crippen LogP contribution is -2.23. The van der Waals surface area contributed by atoms with Gasteiger partial charge in [-0.05, 0) is 19.1 Å². The van der Waals surface area contributed by atoms with Gasteiger partial charge in [-0.1, -0.05) is 35.9 Å². The zero-order valence-electron chi connectivity index (χ0n) is 9.55. The molecule has 4 nitrogen and oxygen atoms in total. The van der Waals surface area contributed by atoms with Crippen molar-refractivity contribution in [2.75, 3.05) is 6.26 Å². The van der Waals surface area contributed by atoms with Crippen molar-refractivity contribution in [3.8, 4) is 0 Å². The van der Waals surface area contributed by atoms with E-state index in [1.165, 1.54) is 24.2 Å². The lowest BCUT2D eigenvalue weighted by atomic mass is 10.2. The van der Waals surface area contributed by atoms with Crippen LogP contribution in [0.2, 0.25) is 0 Å². The van der Waals surface area contributed by atoms with Crippen LogP contribution < -0.4 is 5.56 Å². The number of hydrogen-bond acceptors (Lipinski definition) is 5. The summed E-state index contributed by atoms with van der Waals surface area (Å²) in [6, 6.07) is 0.332. The summed E-state index contributed by atoms with van der Waals surface area (Å²) in [5.41, 5.74) is 0.562. The van der Waals surface area contributed by atoms with Crippen molar-refractivity contribution in [2.45, 2.75) is 36.1 Å². The van der Waals surface area contributed by atoms with E-state index in [1.54, 1.807) is 22.7 Å². The largest absolute Gasteiger partial charge is 0.294 e. The minimum Gasteiger partial charge on any atom is -0.294 e. The highest BCUT2D eigenvalue weighted by atomic mass is 32.2. The predicted molar refractivity (Wildman–Crippen MR) is 71.0 cm³/mol. The van der Waals surface area contributed by atoms with Gasteiger partial charge in [0.25, 0.3) is 5.56 Å². The normalized spacial score (nSPS) is 17.0. The van der Waals surface area contributed by atoms with Crippen LogP contribution in [0.5, 0.6) is 0 Å². The van der Waals surface area contributed by atoms with E-state index in [1.807, 2.05) is 6.26 Å². The number of rotatable bonds is 2. The number of aromatic nitrogens is 3. The summed E-state index contributed by atoms with van der Waals surface area (Å²) < 4.78 is 2.69. The van der Waals surface area contributed by atoms with E-state index in [4.69, 9.17) is 0 Å². The molecule has 0 radical (unpaired) electrons. The first-order chi connectivity index (χ1) is 8.29. The van der Waals surface area contributed by atoms with Gasteiger partial charge in [0.05, 0.1) is 6.33 Å². The van der Waals surface area contributed by atoms with Gasteiger partial charge in [-0.25, -0.2) is 9.97 Å². The van der Waals surface area contributed by atoms with Gasteiger partial charge in [0.1, 0.15) is 0 Å². The Balaban J connectivity index is 2.14. The first kappa shape index (κ1) is 11.2. The molecule has 0 aliphatic heterocycles. The van der Waals surface area contributed by atoms with Crippen LogP contribution in [0.3, 0.4) is 0 Å². The van der Waals surface area contributed by atoms with Gasteiger partial charge in [0.15, 0.2) is 14.7 Å². The third-order valence-electron chi connectivity index (χ3n) is 3.22. The fourth-order valence-electron chi connectivity index (χ4n) is 2.34. The Kier molecular flexibility index (Phi) is 2.92. The molecule has 2 aromatic rings. The number of fused-ring (bicyclic) bond motifs is 1. The standard InChI is InChI=1S/C11H13N3OS2/c1-16-11-13-8-9(17-11)12-6-14(10(8)15)7-4-2-3-5-7/h6-7H,2-5H2,1H3. The molecule has 1 aliphatic carbocycles. The molecule has 0 N–H and O–H groups in total. The molecule has 0 bridgehead atoms. The average molecular weight is 267 g/mol. The molecule has 0 spiro atoms. The smallest absolute Gasteiger partial charge is 0.281 e. The molecule has 17 heavy (non-hydrogen) atoms. The fourth-order valence-corrected chi connectivity index (χ4v) is 3.72. The van der Waals surface area contributed by atoms with Crippen molar-refractivity contribution in [1.82, 2.24) is 14.5 Å². The molecule has 1 saturated carbocycles. The summed E-state index contributed by atoms with van der Waals surface area (Å²) in [7, 11) is 0. The lowest BCUT2D eigenvalue weighted by molar-refractivity contribution is 0.498. The highest BCUT2D eigenvalue weighted by molar-refractivity contribution is 8.00. The summed E-state index contributed by atoms with van der Waals surface area (Å²) in [5.74, 6) is 0. The quantitative estimate of drug-likeness (QED) is 0.785. The Morgan fingerprint density at radius 1 is 1.47 bits per heavy atom. The van der Waals surface area contributed by atoms with E-state index in [2.05, 4.69) is 9.97 Å². The van der Waals surface area contributed by atoms with Crippen LogP contribution in [0.1, 0.15) is 31.7 Å². The van der Waals surface area contributed by atoms with E-state index in [-0.39, 0.29) is 5.56 Å². The molecular weight excluding hydrogens is 254 g/mol. The second-order valence-corrected chi connectivity index (χ2v) is 6.26. The lowest BCUT2D eigenvalue weighted by Gasteiger charge is -2.11. The minimum absolute atomic E-state index is 0.0263. The Labute approximate surface area is 107 Å². The maximum absolute atomic E-state index is 12.3. The van der Waals surface area contributed by atoms with Crippen LogP contribution in [0, 0.1) is 0 Å². The molecule has 2 aromatic heterocycles. The second kappa shape index (κ2) is 4.42. The second-order valence-electron chi connectivity index (χ2n) is 4.23. The Morgan fingerprint density at radius 3 is 2.94 bits per heavy atom. The SMILES string of the molecule is CSc1nc2c(=O)n(C3CCCC3)cnc2s1. The summed E-state index contributed by atoms with van der Waals surface area (Å²) in [6.07, 6.45) is 8.26. The molecule has 90 valence electrons. The molecule has 0 amide bonds. The van der Waals surface area contributed by atoms with Gasteiger partial charge < -0.3 is 0 Å². The molecule has 3 rings (SSSR count). The summed E-state index contributed by atoms with van der Waals surface area (Å²) in [6.45, 7) is 0. The monoisotopic (exact) mass is 267 g/mol. The van der Waals surface area contributed by atoms with Crippen LogP contribution in [0.25, 0.3) is 10.3 Å². The van der Waals surface area contributed by atoms with Crippen molar-refractivity contribution in [3.63, 3.8) is 0 Å². The van der Waals surface area contributed by atoms with E-state index in [0.717, 1.165) is 22.0 Å². The maximum atomic E-state index is 12.3. The van der Waals surface area contributed by atoms with Crippen molar-refractivity contribution in [1.29, 1.82) is 0 Å². The zero-order chi connectivity index (χ0) is 11.8. The molecule has 6 heteroatoms. The first-order valence-electron chi connectivity index (χ1n) is 5.71. The molecule has 1 aliphatic rings. The van der Waals surface area contributed by atoms with E-state index in [0.29, 0.717) is 11.6 Å². The molecule has 0 unspecified atom stereocenters. The van der Waals surface area contributed by atoms with Crippen LogP contribution in [0.4, 0.5) is 0 Å². The van der Waals surface area contributed by atoms with Gasteiger partial charge in [-0.3, -0.25) is 9.36 Å². The molecule has 0 atom stereocenters.